The molecule has 2 amide bonds. The number of aromatic amines is 1. The lowest BCUT2D eigenvalue weighted by Gasteiger charge is -2.29. The first-order valence-electron chi connectivity index (χ1n) is 10.3. The molecule has 1 fully saturated rings. The van der Waals surface area contributed by atoms with Gasteiger partial charge < -0.3 is 11.1 Å². The number of carbonyl (C=O) groups excluding carboxylic acids is 3. The van der Waals surface area contributed by atoms with Crippen LogP contribution in [0.15, 0.2) is 36.7 Å². The van der Waals surface area contributed by atoms with Gasteiger partial charge in [-0.15, -0.1) is 0 Å². The van der Waals surface area contributed by atoms with Gasteiger partial charge in [0.15, 0.2) is 11.5 Å². The van der Waals surface area contributed by atoms with Gasteiger partial charge in [0.05, 0.1) is 16.9 Å². The zero-order chi connectivity index (χ0) is 22.8. The minimum Gasteiger partial charge on any atom is -0.364 e. The van der Waals surface area contributed by atoms with E-state index in [4.69, 9.17) is 5.73 Å². The highest BCUT2D eigenvalue weighted by Crippen LogP contribution is 2.35. The van der Waals surface area contributed by atoms with Crippen molar-refractivity contribution in [3.05, 3.63) is 53.7 Å². The molecule has 4 rings (SSSR count). The molecule has 1 aliphatic carbocycles. The average Bonchev–Trinajstić information content (AvgIpc) is 3.43. The van der Waals surface area contributed by atoms with Crippen LogP contribution in [0, 0.1) is 17.7 Å². The number of primary amides is 1. The molecule has 166 valence electrons. The summed E-state index contributed by atoms with van der Waals surface area (Å²) in [7, 11) is 1.60. The Kier molecular flexibility index (Phi) is 5.85. The lowest BCUT2D eigenvalue weighted by Crippen LogP contribution is -2.36. The van der Waals surface area contributed by atoms with Crippen LogP contribution < -0.4 is 11.1 Å². The highest BCUT2D eigenvalue weighted by molar-refractivity contribution is 6.05. The minimum absolute atomic E-state index is 0.0443. The third-order valence-electron chi connectivity index (χ3n) is 5.81. The second kappa shape index (κ2) is 8.74. The zero-order valence-corrected chi connectivity index (χ0v) is 17.5. The minimum atomic E-state index is -0.767. The maximum absolute atomic E-state index is 14.8. The molecule has 0 bridgehead atoms. The lowest BCUT2D eigenvalue weighted by molar-refractivity contribution is -0.122. The number of rotatable bonds is 6. The van der Waals surface area contributed by atoms with Crippen molar-refractivity contribution in [1.82, 2.24) is 20.0 Å². The molecule has 2 atom stereocenters. The van der Waals surface area contributed by atoms with Crippen LogP contribution in [0.1, 0.15) is 46.5 Å². The van der Waals surface area contributed by atoms with E-state index in [2.05, 4.69) is 20.6 Å². The Balaban J connectivity index is 1.56. The average molecular weight is 438 g/mol. The van der Waals surface area contributed by atoms with E-state index in [1.807, 2.05) is 0 Å². The number of nitrogens with two attached hydrogens (primary N) is 1. The van der Waals surface area contributed by atoms with E-state index in [0.29, 0.717) is 24.1 Å². The number of nitrogens with one attached hydrogen (secondary N) is 2. The van der Waals surface area contributed by atoms with Crippen LogP contribution >= 0.6 is 0 Å². The molecule has 1 aliphatic rings. The predicted molar refractivity (Wildman–Crippen MR) is 114 cm³/mol. The Hall–Kier alpha value is -3.82. The largest absolute Gasteiger partial charge is 0.364 e. The van der Waals surface area contributed by atoms with Crippen LogP contribution in [0.5, 0.6) is 0 Å². The number of benzene rings is 1. The van der Waals surface area contributed by atoms with Crippen molar-refractivity contribution in [1.29, 1.82) is 0 Å². The Morgan fingerprint density at radius 3 is 2.59 bits per heavy atom. The third-order valence-corrected chi connectivity index (χ3v) is 5.81. The van der Waals surface area contributed by atoms with Gasteiger partial charge in [-0.05, 0) is 31.0 Å². The fraction of sp³-hybridized carbons (Fsp3) is 0.318. The number of ketones is 1. The number of aryl methyl sites for hydroxylation is 1. The molecule has 1 saturated carbocycles. The van der Waals surface area contributed by atoms with Gasteiger partial charge in [0, 0.05) is 36.8 Å². The van der Waals surface area contributed by atoms with Crippen molar-refractivity contribution in [3.63, 3.8) is 0 Å². The molecule has 3 aromatic rings. The predicted octanol–water partition coefficient (Wildman–Crippen LogP) is 2.68. The Morgan fingerprint density at radius 2 is 1.94 bits per heavy atom. The number of anilines is 1. The Morgan fingerprint density at radius 1 is 1.19 bits per heavy atom. The molecule has 4 N–H and O–H groups in total. The molecule has 10 heteroatoms. The van der Waals surface area contributed by atoms with E-state index in [1.54, 1.807) is 25.4 Å². The Labute approximate surface area is 183 Å². The summed E-state index contributed by atoms with van der Waals surface area (Å²) in [5.41, 5.74) is 6.63. The monoisotopic (exact) mass is 438 g/mol. The number of aromatic nitrogens is 4. The van der Waals surface area contributed by atoms with E-state index < -0.39 is 35.3 Å². The molecule has 32 heavy (non-hydrogen) atoms. The molecule has 2 unspecified atom stereocenters. The van der Waals surface area contributed by atoms with Crippen LogP contribution in [-0.4, -0.2) is 37.6 Å². The number of H-pyrrole nitrogens is 1. The molecular weight excluding hydrogens is 415 g/mol. The number of Topliss-reactive ketones (excluding diaryl/α,β-unsaturated/α-hetero) is 1. The molecular formula is C22H23FN6O3. The van der Waals surface area contributed by atoms with E-state index in [1.165, 1.54) is 23.0 Å². The maximum Gasteiger partial charge on any atom is 0.271 e. The van der Waals surface area contributed by atoms with E-state index in [9.17, 15) is 18.8 Å². The third kappa shape index (κ3) is 4.16. The first-order chi connectivity index (χ1) is 15.3. The van der Waals surface area contributed by atoms with Crippen molar-refractivity contribution >= 4 is 23.3 Å². The number of nitrogens with zero attached hydrogens (tertiary/aromatic N) is 3. The molecule has 0 radical (unpaired) electrons. The second-order valence-corrected chi connectivity index (χ2v) is 7.95. The van der Waals surface area contributed by atoms with E-state index >= 15 is 0 Å². The van der Waals surface area contributed by atoms with Crippen LogP contribution in [0.2, 0.25) is 0 Å². The van der Waals surface area contributed by atoms with E-state index in [0.717, 1.165) is 12.8 Å². The Bertz CT molecular complexity index is 1170. The molecule has 9 nitrogen and oxygen atoms in total. The first-order valence-corrected chi connectivity index (χ1v) is 10.3. The SMILES string of the molecule is Cn1cc(NC(=O)C2CCCCC2C(=O)c2ccc(-c3ccn[nH]3)cc2F)c(C(N)=O)n1. The first kappa shape index (κ1) is 21.4. The summed E-state index contributed by atoms with van der Waals surface area (Å²) in [4.78, 5) is 37.9. The standard InChI is InChI=1S/C22H23FN6O3/c1-29-11-18(19(28-29)21(24)31)26-22(32)14-5-3-2-4-13(14)20(30)15-7-6-12(10-16(15)23)17-8-9-25-27-17/h6-11,13-14H,2-5H2,1H3,(H2,24,31)(H,25,27)(H,26,32). The van der Waals surface area contributed by atoms with Gasteiger partial charge in [-0.2, -0.15) is 10.2 Å². The molecule has 0 aliphatic heterocycles. The molecule has 0 saturated heterocycles. The van der Waals surface area contributed by atoms with Crippen LogP contribution in [0.4, 0.5) is 10.1 Å². The van der Waals surface area contributed by atoms with Gasteiger partial charge in [-0.3, -0.25) is 24.2 Å². The van der Waals surface area contributed by atoms with Crippen molar-refractivity contribution in [3.8, 4) is 11.3 Å². The number of amides is 2. The van der Waals surface area contributed by atoms with Crippen LogP contribution in [-0.2, 0) is 11.8 Å². The van der Waals surface area contributed by atoms with Gasteiger partial charge in [-0.1, -0.05) is 18.9 Å². The topological polar surface area (TPSA) is 136 Å². The summed E-state index contributed by atoms with van der Waals surface area (Å²) in [5.74, 6) is -3.53. The molecule has 1 aromatic carbocycles. The van der Waals surface area contributed by atoms with Crippen LogP contribution in [0.3, 0.4) is 0 Å². The summed E-state index contributed by atoms with van der Waals surface area (Å²) in [6, 6.07) is 6.09. The van der Waals surface area contributed by atoms with Gasteiger partial charge in [0.2, 0.25) is 5.91 Å². The van der Waals surface area contributed by atoms with Crippen molar-refractivity contribution < 1.29 is 18.8 Å². The summed E-state index contributed by atoms with van der Waals surface area (Å²) in [6.45, 7) is 0. The van der Waals surface area contributed by atoms with Crippen molar-refractivity contribution in [2.24, 2.45) is 24.6 Å². The number of halogens is 1. The number of carbonyl (C=O) groups is 3. The smallest absolute Gasteiger partial charge is 0.271 e. The summed E-state index contributed by atoms with van der Waals surface area (Å²) in [5, 5.41) is 13.2. The van der Waals surface area contributed by atoms with E-state index in [-0.39, 0.29) is 16.9 Å². The molecule has 2 heterocycles. The quantitative estimate of drug-likeness (QED) is 0.509. The van der Waals surface area contributed by atoms with Gasteiger partial charge in [0.25, 0.3) is 5.91 Å². The van der Waals surface area contributed by atoms with Crippen molar-refractivity contribution in [2.75, 3.05) is 5.32 Å². The van der Waals surface area contributed by atoms with Gasteiger partial charge >= 0.3 is 0 Å². The van der Waals surface area contributed by atoms with Gasteiger partial charge in [-0.25, -0.2) is 4.39 Å². The van der Waals surface area contributed by atoms with Crippen LogP contribution in [0.25, 0.3) is 11.3 Å². The molecule has 2 aromatic heterocycles. The van der Waals surface area contributed by atoms with Gasteiger partial charge in [0.1, 0.15) is 5.82 Å². The summed E-state index contributed by atoms with van der Waals surface area (Å²) < 4.78 is 16.2. The highest BCUT2D eigenvalue weighted by Gasteiger charge is 2.37. The fourth-order valence-corrected chi connectivity index (χ4v) is 4.24. The zero-order valence-electron chi connectivity index (χ0n) is 17.5. The van der Waals surface area contributed by atoms with Crippen molar-refractivity contribution in [2.45, 2.75) is 25.7 Å². The maximum atomic E-state index is 14.8. The normalized spacial score (nSPS) is 18.3. The second-order valence-electron chi connectivity index (χ2n) is 7.95. The summed E-state index contributed by atoms with van der Waals surface area (Å²) >= 11 is 0. The highest BCUT2D eigenvalue weighted by atomic mass is 19.1. The molecule has 0 spiro atoms. The number of hydrogen-bond donors (Lipinski definition) is 3. The fourth-order valence-electron chi connectivity index (χ4n) is 4.24. The summed E-state index contributed by atoms with van der Waals surface area (Å²) in [6.07, 6.45) is 5.55. The number of hydrogen-bond acceptors (Lipinski definition) is 5. The lowest BCUT2D eigenvalue weighted by atomic mass is 9.74.